The fourth-order valence-electron chi connectivity index (χ4n) is 3.99. The van der Waals surface area contributed by atoms with Crippen LogP contribution in [0.2, 0.25) is 5.02 Å². The van der Waals surface area contributed by atoms with Gasteiger partial charge in [0.25, 0.3) is 5.91 Å². The van der Waals surface area contributed by atoms with Crippen molar-refractivity contribution >= 4 is 28.4 Å². The van der Waals surface area contributed by atoms with E-state index in [2.05, 4.69) is 17.1 Å². The number of amides is 1. The van der Waals surface area contributed by atoms with Crippen molar-refractivity contribution in [1.82, 2.24) is 9.88 Å². The maximum absolute atomic E-state index is 13.1. The lowest BCUT2D eigenvalue weighted by molar-refractivity contribution is 0.0659. The van der Waals surface area contributed by atoms with Crippen molar-refractivity contribution in [2.75, 3.05) is 6.54 Å². The zero-order valence-corrected chi connectivity index (χ0v) is 15.2. The zero-order chi connectivity index (χ0) is 18.4. The van der Waals surface area contributed by atoms with Gasteiger partial charge in [-0.05, 0) is 47.9 Å². The third-order valence-electron chi connectivity index (χ3n) is 5.21. The molecule has 5 rings (SSSR count). The van der Waals surface area contributed by atoms with E-state index >= 15 is 0 Å². The Morgan fingerprint density at radius 3 is 2.67 bits per heavy atom. The summed E-state index contributed by atoms with van der Waals surface area (Å²) >= 11 is 6.09. The number of aromatic nitrogens is 1. The van der Waals surface area contributed by atoms with Gasteiger partial charge in [0.1, 0.15) is 0 Å². The minimum atomic E-state index is -0.212. The zero-order valence-electron chi connectivity index (χ0n) is 14.5. The molecule has 2 aromatic carbocycles. The average Bonchev–Trinajstić information content (AvgIpc) is 3.35. The average molecular weight is 377 g/mol. The molecule has 1 amide bonds. The van der Waals surface area contributed by atoms with Crippen LogP contribution in [0.15, 0.2) is 71.3 Å². The van der Waals surface area contributed by atoms with Crippen molar-refractivity contribution in [2.24, 2.45) is 0 Å². The van der Waals surface area contributed by atoms with Crippen molar-refractivity contribution in [1.29, 1.82) is 0 Å². The van der Waals surface area contributed by atoms with Crippen LogP contribution in [-0.4, -0.2) is 22.3 Å². The molecule has 0 radical (unpaired) electrons. The lowest BCUT2D eigenvalue weighted by Gasteiger charge is -2.35. The standard InChI is InChI=1S/C22H17ClN2O2/c23-15-9-7-14(8-10-15)21-20-17(16-4-1-2-5-18(16)24-20)11-12-25(21)22(26)19-6-3-13-27-19/h1-10,13,21,24H,11-12H2/t21-/m0/s1. The van der Waals surface area contributed by atoms with Gasteiger partial charge in [0.15, 0.2) is 5.76 Å². The highest BCUT2D eigenvalue weighted by Crippen LogP contribution is 2.39. The molecule has 1 aliphatic heterocycles. The number of carbonyl (C=O) groups excluding carboxylic acids is 1. The summed E-state index contributed by atoms with van der Waals surface area (Å²) in [6.45, 7) is 0.627. The quantitative estimate of drug-likeness (QED) is 0.522. The van der Waals surface area contributed by atoms with Crippen molar-refractivity contribution in [3.8, 4) is 0 Å². The lowest BCUT2D eigenvalue weighted by Crippen LogP contribution is -2.40. The van der Waals surface area contributed by atoms with E-state index in [1.54, 1.807) is 12.1 Å². The van der Waals surface area contributed by atoms with E-state index < -0.39 is 0 Å². The van der Waals surface area contributed by atoms with Gasteiger partial charge in [-0.15, -0.1) is 0 Å². The van der Waals surface area contributed by atoms with E-state index in [4.69, 9.17) is 16.0 Å². The van der Waals surface area contributed by atoms with Crippen LogP contribution >= 0.6 is 11.6 Å². The predicted octanol–water partition coefficient (Wildman–Crippen LogP) is 5.20. The Morgan fingerprint density at radius 2 is 1.89 bits per heavy atom. The molecule has 0 saturated carbocycles. The second-order valence-electron chi connectivity index (χ2n) is 6.74. The van der Waals surface area contributed by atoms with Crippen LogP contribution in [-0.2, 0) is 6.42 Å². The van der Waals surface area contributed by atoms with Gasteiger partial charge in [0.05, 0.1) is 12.3 Å². The highest BCUT2D eigenvalue weighted by atomic mass is 35.5. The molecule has 3 heterocycles. The van der Waals surface area contributed by atoms with Gasteiger partial charge in [-0.25, -0.2) is 0 Å². The Kier molecular flexibility index (Phi) is 3.80. The van der Waals surface area contributed by atoms with Crippen LogP contribution in [0.3, 0.4) is 0 Å². The van der Waals surface area contributed by atoms with Gasteiger partial charge in [-0.1, -0.05) is 41.9 Å². The van der Waals surface area contributed by atoms with Crippen LogP contribution < -0.4 is 0 Å². The van der Waals surface area contributed by atoms with Gasteiger partial charge in [0.2, 0.25) is 0 Å². The van der Waals surface area contributed by atoms with Crippen molar-refractivity contribution < 1.29 is 9.21 Å². The number of furan rings is 1. The van der Waals surface area contributed by atoms with Crippen molar-refractivity contribution in [3.05, 3.63) is 94.5 Å². The number of H-pyrrole nitrogens is 1. The Labute approximate surface area is 161 Å². The molecule has 134 valence electrons. The third-order valence-corrected chi connectivity index (χ3v) is 5.46. The first-order chi connectivity index (χ1) is 13.2. The molecule has 4 nitrogen and oxygen atoms in total. The molecule has 0 aliphatic carbocycles. The molecule has 0 unspecified atom stereocenters. The van der Waals surface area contributed by atoms with Crippen LogP contribution in [0.4, 0.5) is 0 Å². The summed E-state index contributed by atoms with van der Waals surface area (Å²) in [5, 5.41) is 1.90. The van der Waals surface area contributed by atoms with E-state index in [-0.39, 0.29) is 11.9 Å². The smallest absolute Gasteiger partial charge is 0.290 e. The summed E-state index contributed by atoms with van der Waals surface area (Å²) in [5.74, 6) is 0.248. The summed E-state index contributed by atoms with van der Waals surface area (Å²) in [5.41, 5.74) is 4.44. The number of halogens is 1. The fourth-order valence-corrected chi connectivity index (χ4v) is 4.12. The summed E-state index contributed by atoms with van der Waals surface area (Å²) in [6, 6.07) is 19.2. The van der Waals surface area contributed by atoms with Crippen LogP contribution in [0, 0.1) is 0 Å². The Morgan fingerprint density at radius 1 is 1.07 bits per heavy atom. The topological polar surface area (TPSA) is 49.2 Å². The summed E-state index contributed by atoms with van der Waals surface area (Å²) in [6.07, 6.45) is 2.33. The van der Waals surface area contributed by atoms with Gasteiger partial charge in [-0.2, -0.15) is 0 Å². The third kappa shape index (κ3) is 2.64. The Hall–Kier alpha value is -2.98. The maximum Gasteiger partial charge on any atom is 0.290 e. The first-order valence-corrected chi connectivity index (χ1v) is 9.29. The maximum atomic E-state index is 13.1. The number of hydrogen-bond acceptors (Lipinski definition) is 2. The van der Waals surface area contributed by atoms with E-state index in [1.165, 1.54) is 17.2 Å². The molecule has 0 spiro atoms. The van der Waals surface area contributed by atoms with Crippen molar-refractivity contribution in [3.63, 3.8) is 0 Å². The number of fused-ring (bicyclic) bond motifs is 3. The molecule has 1 atom stereocenters. The van der Waals surface area contributed by atoms with Crippen molar-refractivity contribution in [2.45, 2.75) is 12.5 Å². The second kappa shape index (κ2) is 6.32. The molecule has 0 fully saturated rings. The largest absolute Gasteiger partial charge is 0.459 e. The molecule has 1 aliphatic rings. The Bertz CT molecular complexity index is 1110. The predicted molar refractivity (Wildman–Crippen MR) is 105 cm³/mol. The summed E-state index contributed by atoms with van der Waals surface area (Å²) in [7, 11) is 0. The van der Waals surface area contributed by atoms with E-state index in [0.29, 0.717) is 17.3 Å². The first-order valence-electron chi connectivity index (χ1n) is 8.92. The van der Waals surface area contributed by atoms with Crippen LogP contribution in [0.5, 0.6) is 0 Å². The van der Waals surface area contributed by atoms with Gasteiger partial charge >= 0.3 is 0 Å². The summed E-state index contributed by atoms with van der Waals surface area (Å²) in [4.78, 5) is 18.6. The molecule has 2 aromatic heterocycles. The normalized spacial score (nSPS) is 16.5. The monoisotopic (exact) mass is 376 g/mol. The molecule has 5 heteroatoms. The van der Waals surface area contributed by atoms with E-state index in [1.807, 2.05) is 41.3 Å². The highest BCUT2D eigenvalue weighted by molar-refractivity contribution is 6.30. The number of aromatic amines is 1. The van der Waals surface area contributed by atoms with Crippen LogP contribution in [0.1, 0.15) is 33.4 Å². The number of rotatable bonds is 2. The minimum absolute atomic E-state index is 0.107. The number of para-hydroxylation sites is 1. The van der Waals surface area contributed by atoms with E-state index in [9.17, 15) is 4.79 Å². The van der Waals surface area contributed by atoms with Crippen LogP contribution in [0.25, 0.3) is 10.9 Å². The van der Waals surface area contributed by atoms with Gasteiger partial charge in [-0.3, -0.25) is 4.79 Å². The molecular weight excluding hydrogens is 360 g/mol. The molecule has 0 saturated heterocycles. The van der Waals surface area contributed by atoms with Gasteiger partial charge < -0.3 is 14.3 Å². The lowest BCUT2D eigenvalue weighted by atomic mass is 9.92. The Balaban J connectivity index is 1.68. The fraction of sp³-hybridized carbons (Fsp3) is 0.136. The number of benzene rings is 2. The first kappa shape index (κ1) is 16.2. The van der Waals surface area contributed by atoms with Gasteiger partial charge in [0, 0.05) is 28.2 Å². The summed E-state index contributed by atoms with van der Waals surface area (Å²) < 4.78 is 5.38. The highest BCUT2D eigenvalue weighted by Gasteiger charge is 2.35. The number of nitrogens with zero attached hydrogens (tertiary/aromatic N) is 1. The second-order valence-corrected chi connectivity index (χ2v) is 7.18. The molecule has 1 N–H and O–H groups in total. The molecular formula is C22H17ClN2O2. The number of nitrogens with one attached hydrogen (secondary N) is 1. The SMILES string of the molecule is O=C(c1ccco1)N1CCc2c([nH]c3ccccc23)[C@@H]1c1ccc(Cl)cc1. The van der Waals surface area contributed by atoms with E-state index in [0.717, 1.165) is 23.2 Å². The molecule has 0 bridgehead atoms. The molecule has 27 heavy (non-hydrogen) atoms. The number of carbonyl (C=O) groups is 1. The number of hydrogen-bond donors (Lipinski definition) is 1. The minimum Gasteiger partial charge on any atom is -0.459 e. The molecule has 4 aromatic rings.